The minimum Gasteiger partial charge on any atom is -0.507 e. The van der Waals surface area contributed by atoms with Crippen LogP contribution in [0.2, 0.25) is 0 Å². The first-order valence-electron chi connectivity index (χ1n) is 10.8. The molecule has 0 aliphatic carbocycles. The third-order valence-electron chi connectivity index (χ3n) is 5.26. The summed E-state index contributed by atoms with van der Waals surface area (Å²) in [5.41, 5.74) is 3.77. The number of carboxylic acid groups (broad SMARTS) is 2. The molecule has 0 bridgehead atoms. The van der Waals surface area contributed by atoms with E-state index in [1.54, 1.807) is 48.2 Å². The summed E-state index contributed by atoms with van der Waals surface area (Å²) in [6, 6.07) is 7.17. The second kappa shape index (κ2) is 12.0. The molecule has 0 aliphatic heterocycles. The van der Waals surface area contributed by atoms with Crippen LogP contribution >= 0.6 is 0 Å². The van der Waals surface area contributed by atoms with E-state index in [2.05, 4.69) is 13.2 Å². The van der Waals surface area contributed by atoms with Crippen molar-refractivity contribution in [3.8, 4) is 22.6 Å². The second-order valence-corrected chi connectivity index (χ2v) is 8.41. The predicted octanol–water partition coefficient (Wildman–Crippen LogP) is 3.25. The van der Waals surface area contributed by atoms with Crippen LogP contribution < -0.4 is 0 Å². The van der Waals surface area contributed by atoms with Gasteiger partial charge in [0.25, 0.3) is 0 Å². The largest absolute Gasteiger partial charge is 0.507 e. The molecule has 2 aromatic carbocycles. The summed E-state index contributed by atoms with van der Waals surface area (Å²) in [5.74, 6) is -1.87. The highest BCUT2D eigenvalue weighted by Gasteiger charge is 2.18. The third kappa shape index (κ3) is 7.19. The van der Waals surface area contributed by atoms with E-state index in [0.29, 0.717) is 40.7 Å². The van der Waals surface area contributed by atoms with Crippen LogP contribution in [0.3, 0.4) is 0 Å². The Labute approximate surface area is 199 Å². The number of phenols is 2. The zero-order valence-electron chi connectivity index (χ0n) is 19.6. The van der Waals surface area contributed by atoms with Crippen molar-refractivity contribution < 1.29 is 30.0 Å². The van der Waals surface area contributed by atoms with E-state index in [1.807, 2.05) is 12.1 Å². The number of carboxylic acids is 2. The van der Waals surface area contributed by atoms with Crippen LogP contribution in [0.4, 0.5) is 0 Å². The number of nitrogens with zero attached hydrogens (tertiary/aromatic N) is 2. The maximum Gasteiger partial charge on any atom is 0.317 e. The molecule has 0 fully saturated rings. The van der Waals surface area contributed by atoms with Gasteiger partial charge in [-0.2, -0.15) is 0 Å². The molecule has 34 heavy (non-hydrogen) atoms. The fraction of sp³-hybridized carbons (Fsp3) is 0.308. The van der Waals surface area contributed by atoms with Gasteiger partial charge >= 0.3 is 11.9 Å². The number of carbonyl (C=O) groups is 2. The first-order valence-corrected chi connectivity index (χ1v) is 10.8. The summed E-state index contributed by atoms with van der Waals surface area (Å²) in [6.45, 7) is 7.57. The van der Waals surface area contributed by atoms with Crippen molar-refractivity contribution in [1.29, 1.82) is 0 Å². The van der Waals surface area contributed by atoms with E-state index in [0.717, 1.165) is 5.56 Å². The van der Waals surface area contributed by atoms with Crippen LogP contribution in [0.1, 0.15) is 22.3 Å². The number of hydrogen-bond donors (Lipinski definition) is 4. The van der Waals surface area contributed by atoms with E-state index in [-0.39, 0.29) is 37.7 Å². The molecule has 2 aromatic rings. The van der Waals surface area contributed by atoms with Gasteiger partial charge in [0.05, 0.1) is 13.1 Å². The molecular weight excluding hydrogens is 436 g/mol. The van der Waals surface area contributed by atoms with Gasteiger partial charge < -0.3 is 20.4 Å². The average molecular weight is 469 g/mol. The SMILES string of the molecule is C=CCc1cc(CN(C)CC(=O)O)c(O)c(-c2cc(CC=C)c(O)c(CN(C)CC(=O)O)c2)c1. The van der Waals surface area contributed by atoms with E-state index < -0.39 is 11.9 Å². The Morgan fingerprint density at radius 3 is 1.79 bits per heavy atom. The van der Waals surface area contributed by atoms with Crippen molar-refractivity contribution in [2.45, 2.75) is 25.9 Å². The van der Waals surface area contributed by atoms with E-state index in [9.17, 15) is 19.8 Å². The smallest absolute Gasteiger partial charge is 0.317 e. The van der Waals surface area contributed by atoms with E-state index in [1.165, 1.54) is 0 Å². The van der Waals surface area contributed by atoms with Gasteiger partial charge in [-0.05, 0) is 61.8 Å². The standard InChI is InChI=1S/C26H32N2O6/c1-5-7-17-9-20(13-27(3)15-23(29)30)26(34)22(10-17)19-11-18(8-6-2)25(33)21(12-19)14-28(4)16-24(31)32/h5-6,9-12,33-34H,1-2,7-8,13-16H2,3-4H3,(H,29,30)(H,31,32). The fourth-order valence-electron chi connectivity index (χ4n) is 3.89. The van der Waals surface area contributed by atoms with E-state index in [4.69, 9.17) is 10.2 Å². The highest BCUT2D eigenvalue weighted by molar-refractivity contribution is 5.75. The van der Waals surface area contributed by atoms with Gasteiger partial charge in [-0.1, -0.05) is 18.2 Å². The van der Waals surface area contributed by atoms with Crippen LogP contribution in [0.5, 0.6) is 11.5 Å². The van der Waals surface area contributed by atoms with Crippen LogP contribution in [-0.4, -0.2) is 69.3 Å². The number of phenolic OH excluding ortho intramolecular Hbond substituents is 2. The van der Waals surface area contributed by atoms with Gasteiger partial charge in [-0.25, -0.2) is 0 Å². The van der Waals surface area contributed by atoms with Crippen LogP contribution in [-0.2, 0) is 35.5 Å². The van der Waals surface area contributed by atoms with Gasteiger partial charge in [0.1, 0.15) is 11.5 Å². The topological polar surface area (TPSA) is 122 Å². The lowest BCUT2D eigenvalue weighted by atomic mass is 9.92. The number of aliphatic carboxylic acids is 2. The molecule has 182 valence electrons. The first-order chi connectivity index (χ1) is 16.0. The van der Waals surface area contributed by atoms with Crippen molar-refractivity contribution in [2.24, 2.45) is 0 Å². The van der Waals surface area contributed by atoms with Gasteiger partial charge in [-0.15, -0.1) is 13.2 Å². The number of benzene rings is 2. The van der Waals surface area contributed by atoms with Crippen molar-refractivity contribution >= 4 is 11.9 Å². The molecule has 4 N–H and O–H groups in total. The minimum atomic E-state index is -0.977. The Morgan fingerprint density at radius 2 is 1.29 bits per heavy atom. The summed E-state index contributed by atoms with van der Waals surface area (Å²) in [7, 11) is 3.30. The molecule has 8 nitrogen and oxygen atoms in total. The molecule has 0 atom stereocenters. The molecule has 0 aromatic heterocycles. The van der Waals surface area contributed by atoms with Crippen LogP contribution in [0, 0.1) is 0 Å². The second-order valence-electron chi connectivity index (χ2n) is 8.41. The molecule has 0 spiro atoms. The normalized spacial score (nSPS) is 11.1. The van der Waals surface area contributed by atoms with E-state index >= 15 is 0 Å². The Bertz CT molecular complexity index is 1080. The zero-order valence-corrected chi connectivity index (χ0v) is 19.6. The quantitative estimate of drug-likeness (QED) is 0.331. The highest BCUT2D eigenvalue weighted by atomic mass is 16.4. The molecule has 0 unspecified atom stereocenters. The summed E-state index contributed by atoms with van der Waals surface area (Å²) in [5, 5.41) is 40.1. The fourth-order valence-corrected chi connectivity index (χ4v) is 3.89. The molecule has 0 amide bonds. The molecule has 8 heteroatoms. The number of hydrogen-bond acceptors (Lipinski definition) is 6. The molecule has 0 saturated carbocycles. The molecule has 0 radical (unpaired) electrons. The van der Waals surface area contributed by atoms with Gasteiger partial charge in [0.2, 0.25) is 0 Å². The molecular formula is C26H32N2O6. The van der Waals surface area contributed by atoms with Crippen molar-refractivity contribution in [3.63, 3.8) is 0 Å². The van der Waals surface area contributed by atoms with Crippen molar-refractivity contribution in [2.75, 3.05) is 27.2 Å². The monoisotopic (exact) mass is 468 g/mol. The Balaban J connectivity index is 2.62. The lowest BCUT2D eigenvalue weighted by Gasteiger charge is -2.20. The summed E-state index contributed by atoms with van der Waals surface area (Å²) in [4.78, 5) is 25.3. The Hall–Kier alpha value is -3.62. The first kappa shape index (κ1) is 26.6. The summed E-state index contributed by atoms with van der Waals surface area (Å²) < 4.78 is 0. The number of rotatable bonds is 13. The van der Waals surface area contributed by atoms with Gasteiger partial charge in [0, 0.05) is 29.8 Å². The van der Waals surface area contributed by atoms with Crippen LogP contribution in [0.25, 0.3) is 11.1 Å². The summed E-state index contributed by atoms with van der Waals surface area (Å²) in [6.07, 6.45) is 4.34. The van der Waals surface area contributed by atoms with Crippen LogP contribution in [0.15, 0.2) is 49.6 Å². The van der Waals surface area contributed by atoms with Crippen molar-refractivity contribution in [1.82, 2.24) is 9.80 Å². The van der Waals surface area contributed by atoms with Gasteiger partial charge in [0.15, 0.2) is 0 Å². The molecule has 2 rings (SSSR count). The maximum atomic E-state index is 11.1. The van der Waals surface area contributed by atoms with Gasteiger partial charge in [-0.3, -0.25) is 19.4 Å². The zero-order chi connectivity index (χ0) is 25.4. The third-order valence-corrected chi connectivity index (χ3v) is 5.26. The highest BCUT2D eigenvalue weighted by Crippen LogP contribution is 2.38. The number of likely N-dealkylation sites (N-methyl/N-ethyl adjacent to an activating group) is 2. The number of allylic oxidation sites excluding steroid dienone is 2. The number of aromatic hydroxyl groups is 2. The minimum absolute atomic E-state index is 0.0186. The maximum absolute atomic E-state index is 11.1. The average Bonchev–Trinajstić information content (AvgIpc) is 2.72. The predicted molar refractivity (Wildman–Crippen MR) is 131 cm³/mol. The Morgan fingerprint density at radius 1 is 0.794 bits per heavy atom. The lowest BCUT2D eigenvalue weighted by Crippen LogP contribution is -2.25. The molecule has 0 heterocycles. The summed E-state index contributed by atoms with van der Waals surface area (Å²) >= 11 is 0. The lowest BCUT2D eigenvalue weighted by molar-refractivity contribution is -0.139. The van der Waals surface area contributed by atoms with Crippen molar-refractivity contribution in [3.05, 3.63) is 71.8 Å². The Kier molecular flexibility index (Phi) is 9.41. The molecule has 0 saturated heterocycles. The molecule has 0 aliphatic rings.